The van der Waals surface area contributed by atoms with Crippen LogP contribution in [0.4, 0.5) is 16.2 Å². The van der Waals surface area contributed by atoms with Gasteiger partial charge in [0.15, 0.2) is 5.13 Å². The van der Waals surface area contributed by atoms with Crippen LogP contribution in [0.3, 0.4) is 0 Å². The number of nitriles is 1. The second kappa shape index (κ2) is 10.5. The standard InChI is InChI=1S/C28H29N7O4S/c1-28(2,3)39-27(38)34-13-11-33(12-14-34)21-10-9-18(16-29)15-19(21)30-24(36)20-17-40-25(31-20)35-23-8-6-5-7-22(23)32(4)26(35)37/h5-10,15,17H,11-14H2,1-4H3,(H,30,36). The molecule has 206 valence electrons. The van der Waals surface area contributed by atoms with E-state index in [1.165, 1.54) is 15.9 Å². The Labute approximate surface area is 234 Å². The van der Waals surface area contributed by atoms with E-state index >= 15 is 0 Å². The molecular weight excluding hydrogens is 530 g/mol. The van der Waals surface area contributed by atoms with Crippen LogP contribution in [0.2, 0.25) is 0 Å². The summed E-state index contributed by atoms with van der Waals surface area (Å²) in [5.41, 5.74) is 2.39. The lowest BCUT2D eigenvalue weighted by atomic mass is 10.1. The maximum absolute atomic E-state index is 13.3. The number of aryl methyl sites for hydroxylation is 1. The topological polar surface area (TPSA) is 125 Å². The number of carbonyl (C=O) groups excluding carboxylic acids is 2. The number of benzene rings is 2. The minimum atomic E-state index is -0.574. The van der Waals surface area contributed by atoms with Crippen LogP contribution in [0.25, 0.3) is 16.2 Å². The summed E-state index contributed by atoms with van der Waals surface area (Å²) in [6.07, 6.45) is -0.356. The number of hydrogen-bond acceptors (Lipinski definition) is 8. The maximum Gasteiger partial charge on any atom is 0.410 e. The van der Waals surface area contributed by atoms with Crippen molar-refractivity contribution >= 4 is 45.7 Å². The van der Waals surface area contributed by atoms with Gasteiger partial charge >= 0.3 is 11.8 Å². The highest BCUT2D eigenvalue weighted by atomic mass is 32.1. The molecule has 40 heavy (non-hydrogen) atoms. The number of hydrogen-bond donors (Lipinski definition) is 1. The number of amides is 2. The van der Waals surface area contributed by atoms with Crippen molar-refractivity contribution in [2.75, 3.05) is 36.4 Å². The summed E-state index contributed by atoms with van der Waals surface area (Å²) in [5.74, 6) is -0.459. The molecule has 12 heteroatoms. The van der Waals surface area contributed by atoms with Crippen molar-refractivity contribution in [2.45, 2.75) is 26.4 Å². The molecule has 0 radical (unpaired) electrons. The van der Waals surface area contributed by atoms with Gasteiger partial charge in [-0.1, -0.05) is 12.1 Å². The Morgan fingerprint density at radius 2 is 1.77 bits per heavy atom. The quantitative estimate of drug-likeness (QED) is 0.401. The Kier molecular flexibility index (Phi) is 7.08. The van der Waals surface area contributed by atoms with Crippen LogP contribution in [0.1, 0.15) is 36.8 Å². The van der Waals surface area contributed by atoms with Crippen LogP contribution < -0.4 is 15.9 Å². The van der Waals surface area contributed by atoms with Gasteiger partial charge in [-0.2, -0.15) is 5.26 Å². The lowest BCUT2D eigenvalue weighted by Gasteiger charge is -2.37. The molecule has 0 aliphatic carbocycles. The van der Waals surface area contributed by atoms with E-state index in [0.29, 0.717) is 48.1 Å². The van der Waals surface area contributed by atoms with E-state index < -0.39 is 11.5 Å². The number of ether oxygens (including phenoxy) is 1. The van der Waals surface area contributed by atoms with Crippen molar-refractivity contribution < 1.29 is 14.3 Å². The Morgan fingerprint density at radius 1 is 1.07 bits per heavy atom. The average Bonchev–Trinajstić information content (AvgIpc) is 3.51. The van der Waals surface area contributed by atoms with Gasteiger partial charge in [0.1, 0.15) is 11.3 Å². The fraction of sp³-hybridized carbons (Fsp3) is 0.321. The lowest BCUT2D eigenvalue weighted by Crippen LogP contribution is -2.50. The van der Waals surface area contributed by atoms with Crippen molar-refractivity contribution in [1.29, 1.82) is 5.26 Å². The molecule has 0 saturated carbocycles. The van der Waals surface area contributed by atoms with Gasteiger partial charge in [-0.05, 0) is 51.1 Å². The van der Waals surface area contributed by atoms with E-state index in [9.17, 15) is 19.6 Å². The highest BCUT2D eigenvalue weighted by molar-refractivity contribution is 7.12. The second-order valence-electron chi connectivity index (χ2n) is 10.4. The first kappa shape index (κ1) is 27.0. The third kappa shape index (κ3) is 5.28. The van der Waals surface area contributed by atoms with E-state index in [1.54, 1.807) is 40.1 Å². The van der Waals surface area contributed by atoms with Crippen LogP contribution in [0.5, 0.6) is 0 Å². The molecule has 0 bridgehead atoms. The first-order chi connectivity index (χ1) is 19.1. The highest BCUT2D eigenvalue weighted by Gasteiger charge is 2.27. The normalized spacial score (nSPS) is 13.8. The molecule has 2 aromatic heterocycles. The molecule has 2 aromatic carbocycles. The van der Waals surface area contributed by atoms with Crippen LogP contribution in [-0.4, -0.2) is 62.8 Å². The van der Waals surface area contributed by atoms with Gasteiger partial charge in [-0.25, -0.2) is 19.1 Å². The molecule has 4 aromatic rings. The zero-order chi connectivity index (χ0) is 28.6. The second-order valence-corrected chi connectivity index (χ2v) is 11.3. The molecule has 1 N–H and O–H groups in total. The van der Waals surface area contributed by atoms with Crippen LogP contribution >= 0.6 is 11.3 Å². The van der Waals surface area contributed by atoms with Crippen molar-refractivity contribution in [2.24, 2.45) is 7.05 Å². The van der Waals surface area contributed by atoms with Crippen molar-refractivity contribution in [1.82, 2.24) is 19.0 Å². The summed E-state index contributed by atoms with van der Waals surface area (Å²) in [6, 6.07) is 14.6. The molecular formula is C28H29N7O4S. The fourth-order valence-electron chi connectivity index (χ4n) is 4.57. The average molecular weight is 560 g/mol. The number of nitrogens with zero attached hydrogens (tertiary/aromatic N) is 6. The number of fused-ring (bicyclic) bond motifs is 1. The van der Waals surface area contributed by atoms with Crippen molar-refractivity contribution in [3.05, 3.63) is 69.6 Å². The van der Waals surface area contributed by atoms with Gasteiger partial charge in [-0.3, -0.25) is 9.36 Å². The lowest BCUT2D eigenvalue weighted by molar-refractivity contribution is 0.0240. The van der Waals surface area contributed by atoms with Crippen molar-refractivity contribution in [3.8, 4) is 11.2 Å². The molecule has 11 nitrogen and oxygen atoms in total. The number of anilines is 2. The number of nitrogens with one attached hydrogen (secondary N) is 1. The Bertz CT molecular complexity index is 1700. The van der Waals surface area contributed by atoms with Crippen molar-refractivity contribution in [3.63, 3.8) is 0 Å². The number of rotatable bonds is 4. The van der Waals surface area contributed by atoms with Gasteiger partial charge < -0.3 is 19.9 Å². The van der Waals surface area contributed by atoms with Gasteiger partial charge in [0.05, 0.1) is 34.0 Å². The smallest absolute Gasteiger partial charge is 0.410 e. The predicted octanol–water partition coefficient (Wildman–Crippen LogP) is 3.97. The van der Waals surface area contributed by atoms with Gasteiger partial charge in [0.25, 0.3) is 5.91 Å². The van der Waals surface area contributed by atoms with E-state index in [1.807, 2.05) is 45.0 Å². The largest absolute Gasteiger partial charge is 0.444 e. The highest BCUT2D eigenvalue weighted by Crippen LogP contribution is 2.29. The number of thiazole rings is 1. The Balaban J connectivity index is 1.36. The van der Waals surface area contributed by atoms with Gasteiger partial charge in [0.2, 0.25) is 0 Å². The SMILES string of the molecule is Cn1c(=O)n(-c2nc(C(=O)Nc3cc(C#N)ccc3N3CCN(C(=O)OC(C)(C)C)CC3)cs2)c2ccccc21. The van der Waals surface area contributed by atoms with Crippen LogP contribution in [-0.2, 0) is 11.8 Å². The van der Waals surface area contributed by atoms with Gasteiger partial charge in [0, 0.05) is 38.6 Å². The number of imidazole rings is 1. The molecule has 0 spiro atoms. The number of piperazine rings is 1. The van der Waals surface area contributed by atoms with E-state index in [2.05, 4.69) is 21.3 Å². The molecule has 5 rings (SSSR count). The van der Waals surface area contributed by atoms with E-state index in [0.717, 1.165) is 11.2 Å². The summed E-state index contributed by atoms with van der Waals surface area (Å²) in [6.45, 7) is 7.46. The summed E-state index contributed by atoms with van der Waals surface area (Å²) < 4.78 is 8.52. The van der Waals surface area contributed by atoms with E-state index in [4.69, 9.17) is 4.74 Å². The zero-order valence-corrected chi connectivity index (χ0v) is 23.5. The minimum Gasteiger partial charge on any atom is -0.444 e. The Hall–Kier alpha value is -4.63. The molecule has 1 saturated heterocycles. The molecule has 3 heterocycles. The van der Waals surface area contributed by atoms with Gasteiger partial charge in [-0.15, -0.1) is 11.3 Å². The summed E-state index contributed by atoms with van der Waals surface area (Å²) in [5, 5.41) is 14.4. The third-order valence-electron chi connectivity index (χ3n) is 6.52. The molecule has 1 fully saturated rings. The summed E-state index contributed by atoms with van der Waals surface area (Å²) in [7, 11) is 1.69. The molecule has 0 unspecified atom stereocenters. The first-order valence-corrected chi connectivity index (χ1v) is 13.6. The first-order valence-electron chi connectivity index (χ1n) is 12.8. The monoisotopic (exact) mass is 559 g/mol. The zero-order valence-electron chi connectivity index (χ0n) is 22.7. The van der Waals surface area contributed by atoms with Crippen LogP contribution in [0, 0.1) is 11.3 Å². The number of carbonyl (C=O) groups is 2. The summed E-state index contributed by atoms with van der Waals surface area (Å²) >= 11 is 1.20. The maximum atomic E-state index is 13.3. The number of aromatic nitrogens is 3. The molecule has 0 atom stereocenters. The Morgan fingerprint density at radius 3 is 2.45 bits per heavy atom. The minimum absolute atomic E-state index is 0.155. The third-order valence-corrected chi connectivity index (χ3v) is 7.35. The molecule has 1 aliphatic rings. The molecule has 2 amide bonds. The van der Waals surface area contributed by atoms with E-state index in [-0.39, 0.29) is 17.5 Å². The predicted molar refractivity (Wildman–Crippen MR) is 153 cm³/mol. The number of para-hydroxylation sites is 2. The van der Waals surface area contributed by atoms with Crippen LogP contribution in [0.15, 0.2) is 52.6 Å². The molecule has 1 aliphatic heterocycles. The fourth-order valence-corrected chi connectivity index (χ4v) is 5.38. The summed E-state index contributed by atoms with van der Waals surface area (Å²) in [4.78, 5) is 46.9.